The van der Waals surface area contributed by atoms with Crippen molar-refractivity contribution in [3.8, 4) is 0 Å². The molecule has 5 heteroatoms. The second-order valence-corrected chi connectivity index (χ2v) is 5.65. The van der Waals surface area contributed by atoms with Crippen molar-refractivity contribution in [1.29, 1.82) is 0 Å². The van der Waals surface area contributed by atoms with Crippen LogP contribution in [0, 0.1) is 6.92 Å². The van der Waals surface area contributed by atoms with Crippen molar-refractivity contribution in [2.24, 2.45) is 7.05 Å². The number of aryl methyl sites for hydroxylation is 2. The van der Waals surface area contributed by atoms with Gasteiger partial charge >= 0.3 is 0 Å². The van der Waals surface area contributed by atoms with E-state index in [1.807, 2.05) is 36.9 Å². The normalized spacial score (nSPS) is 14.2. The van der Waals surface area contributed by atoms with E-state index < -0.39 is 0 Å². The highest BCUT2D eigenvalue weighted by Gasteiger charge is 2.25. The molecule has 1 saturated carbocycles. The molecular formula is C16H20N4O. The lowest BCUT2D eigenvalue weighted by Gasteiger charge is -2.09. The summed E-state index contributed by atoms with van der Waals surface area (Å²) in [6.07, 6.45) is 6.81. The monoisotopic (exact) mass is 284 g/mol. The number of hydrogen-bond donors (Lipinski definition) is 1. The predicted molar refractivity (Wildman–Crippen MR) is 80.2 cm³/mol. The number of carbonyl (C=O) groups is 1. The minimum Gasteiger partial charge on any atom is -0.352 e. The molecule has 1 amide bonds. The van der Waals surface area contributed by atoms with Gasteiger partial charge in [-0.25, -0.2) is 4.98 Å². The van der Waals surface area contributed by atoms with Crippen LogP contribution in [0.2, 0.25) is 0 Å². The Morgan fingerprint density at radius 3 is 2.86 bits per heavy atom. The molecular weight excluding hydrogens is 264 g/mol. The van der Waals surface area contributed by atoms with Gasteiger partial charge in [0.05, 0.1) is 17.6 Å². The van der Waals surface area contributed by atoms with Crippen LogP contribution in [0.1, 0.15) is 46.2 Å². The molecule has 110 valence electrons. The van der Waals surface area contributed by atoms with E-state index in [1.165, 1.54) is 12.8 Å². The topological polar surface area (TPSA) is 59.8 Å². The lowest BCUT2D eigenvalue weighted by molar-refractivity contribution is 0.0953. The standard InChI is InChI=1S/C16H20N4O/c1-11-14(5-6-15(19-11)12-3-4-12)16(21)18-8-7-13-9-17-10-20(13)2/h5-6,9-10,12H,3-4,7-8H2,1-2H3,(H,18,21). The second-order valence-electron chi connectivity index (χ2n) is 5.65. The van der Waals surface area contributed by atoms with Crippen molar-refractivity contribution in [2.75, 3.05) is 6.54 Å². The van der Waals surface area contributed by atoms with Crippen molar-refractivity contribution in [1.82, 2.24) is 19.9 Å². The Hall–Kier alpha value is -2.17. The number of amides is 1. The first-order valence-electron chi connectivity index (χ1n) is 7.36. The molecule has 0 saturated heterocycles. The van der Waals surface area contributed by atoms with Crippen LogP contribution in [0.15, 0.2) is 24.7 Å². The molecule has 0 spiro atoms. The summed E-state index contributed by atoms with van der Waals surface area (Å²) in [6.45, 7) is 2.50. The molecule has 21 heavy (non-hydrogen) atoms. The number of carbonyl (C=O) groups excluding carboxylic acids is 1. The van der Waals surface area contributed by atoms with Crippen LogP contribution in [0.25, 0.3) is 0 Å². The molecule has 3 rings (SSSR count). The highest BCUT2D eigenvalue weighted by molar-refractivity contribution is 5.95. The molecule has 0 bridgehead atoms. The van der Waals surface area contributed by atoms with Gasteiger partial charge in [-0.2, -0.15) is 0 Å². The van der Waals surface area contributed by atoms with Gasteiger partial charge in [0, 0.05) is 43.5 Å². The number of nitrogens with zero attached hydrogens (tertiary/aromatic N) is 3. The molecule has 5 nitrogen and oxygen atoms in total. The highest BCUT2D eigenvalue weighted by atomic mass is 16.1. The van der Waals surface area contributed by atoms with E-state index in [-0.39, 0.29) is 5.91 Å². The minimum atomic E-state index is -0.0514. The Kier molecular flexibility index (Phi) is 3.73. The van der Waals surface area contributed by atoms with Crippen LogP contribution < -0.4 is 5.32 Å². The molecule has 2 aromatic rings. The molecule has 1 aliphatic rings. The number of aromatic nitrogens is 3. The molecule has 0 unspecified atom stereocenters. The van der Waals surface area contributed by atoms with E-state index in [9.17, 15) is 4.79 Å². The highest BCUT2D eigenvalue weighted by Crippen LogP contribution is 2.39. The average molecular weight is 284 g/mol. The number of rotatable bonds is 5. The van der Waals surface area contributed by atoms with E-state index in [1.54, 1.807) is 6.33 Å². The maximum atomic E-state index is 12.2. The fourth-order valence-electron chi connectivity index (χ4n) is 2.45. The van der Waals surface area contributed by atoms with Crippen molar-refractivity contribution in [2.45, 2.75) is 32.1 Å². The molecule has 2 aromatic heterocycles. The number of imidazole rings is 1. The van der Waals surface area contributed by atoms with Gasteiger partial charge < -0.3 is 9.88 Å². The Morgan fingerprint density at radius 2 is 2.24 bits per heavy atom. The van der Waals surface area contributed by atoms with Crippen LogP contribution in [-0.2, 0) is 13.5 Å². The summed E-state index contributed by atoms with van der Waals surface area (Å²) < 4.78 is 1.96. The summed E-state index contributed by atoms with van der Waals surface area (Å²) in [6, 6.07) is 3.89. The average Bonchev–Trinajstić information content (AvgIpc) is 3.23. The van der Waals surface area contributed by atoms with Crippen molar-refractivity contribution >= 4 is 5.91 Å². The van der Waals surface area contributed by atoms with E-state index in [0.29, 0.717) is 18.0 Å². The van der Waals surface area contributed by atoms with E-state index in [4.69, 9.17) is 0 Å². The van der Waals surface area contributed by atoms with Crippen LogP contribution in [0.3, 0.4) is 0 Å². The van der Waals surface area contributed by atoms with Gasteiger partial charge in [0.25, 0.3) is 5.91 Å². The summed E-state index contributed by atoms with van der Waals surface area (Å²) in [5.74, 6) is 0.565. The fourth-order valence-corrected chi connectivity index (χ4v) is 2.45. The van der Waals surface area contributed by atoms with Gasteiger partial charge in [0.1, 0.15) is 0 Å². The number of pyridine rings is 1. The second kappa shape index (κ2) is 5.68. The van der Waals surface area contributed by atoms with Crippen LogP contribution in [0.4, 0.5) is 0 Å². The molecule has 0 radical (unpaired) electrons. The van der Waals surface area contributed by atoms with Gasteiger partial charge in [-0.3, -0.25) is 9.78 Å². The summed E-state index contributed by atoms with van der Waals surface area (Å²) in [7, 11) is 1.95. The maximum absolute atomic E-state index is 12.2. The summed E-state index contributed by atoms with van der Waals surface area (Å²) >= 11 is 0. The first kappa shape index (κ1) is 13.8. The van der Waals surface area contributed by atoms with Crippen molar-refractivity contribution in [3.05, 3.63) is 47.3 Å². The SMILES string of the molecule is Cc1nc(C2CC2)ccc1C(=O)NCCc1cncn1C. The lowest BCUT2D eigenvalue weighted by atomic mass is 10.1. The molecule has 0 aromatic carbocycles. The Morgan fingerprint density at radius 1 is 1.43 bits per heavy atom. The van der Waals surface area contributed by atoms with Crippen LogP contribution in [-0.4, -0.2) is 27.0 Å². The zero-order chi connectivity index (χ0) is 14.8. The quantitative estimate of drug-likeness (QED) is 0.913. The summed E-state index contributed by atoms with van der Waals surface area (Å²) in [4.78, 5) is 20.8. The first-order valence-corrected chi connectivity index (χ1v) is 7.36. The first-order chi connectivity index (χ1) is 10.1. The smallest absolute Gasteiger partial charge is 0.253 e. The van der Waals surface area contributed by atoms with Gasteiger partial charge in [-0.15, -0.1) is 0 Å². The molecule has 0 aliphatic heterocycles. The molecule has 1 fully saturated rings. The largest absolute Gasteiger partial charge is 0.352 e. The Bertz CT molecular complexity index is 658. The van der Waals surface area contributed by atoms with Gasteiger partial charge in [0.15, 0.2) is 0 Å². The van der Waals surface area contributed by atoms with E-state index >= 15 is 0 Å². The zero-order valence-electron chi connectivity index (χ0n) is 12.5. The molecule has 1 N–H and O–H groups in total. The molecule has 2 heterocycles. The van der Waals surface area contributed by atoms with Gasteiger partial charge in [0.2, 0.25) is 0 Å². The Balaban J connectivity index is 1.58. The Labute approximate surface area is 124 Å². The number of nitrogens with one attached hydrogen (secondary N) is 1. The van der Waals surface area contributed by atoms with Gasteiger partial charge in [-0.1, -0.05) is 0 Å². The minimum absolute atomic E-state index is 0.0514. The third kappa shape index (κ3) is 3.12. The predicted octanol–water partition coefficient (Wildman–Crippen LogP) is 1.97. The maximum Gasteiger partial charge on any atom is 0.253 e. The molecule has 0 atom stereocenters. The number of hydrogen-bond acceptors (Lipinski definition) is 3. The summed E-state index contributed by atoms with van der Waals surface area (Å²) in [5.41, 5.74) is 3.72. The zero-order valence-corrected chi connectivity index (χ0v) is 12.5. The lowest BCUT2D eigenvalue weighted by Crippen LogP contribution is -2.27. The summed E-state index contributed by atoms with van der Waals surface area (Å²) in [5, 5.41) is 2.95. The van der Waals surface area contributed by atoms with Gasteiger partial charge in [-0.05, 0) is 31.9 Å². The van der Waals surface area contributed by atoms with Crippen molar-refractivity contribution < 1.29 is 4.79 Å². The van der Waals surface area contributed by atoms with Crippen LogP contribution >= 0.6 is 0 Å². The van der Waals surface area contributed by atoms with Crippen molar-refractivity contribution in [3.63, 3.8) is 0 Å². The fraction of sp³-hybridized carbons (Fsp3) is 0.438. The van der Waals surface area contributed by atoms with E-state index in [2.05, 4.69) is 15.3 Å². The third-order valence-electron chi connectivity index (χ3n) is 3.93. The van der Waals surface area contributed by atoms with Crippen LogP contribution in [0.5, 0.6) is 0 Å². The van der Waals surface area contributed by atoms with E-state index in [0.717, 1.165) is 23.5 Å². The third-order valence-corrected chi connectivity index (χ3v) is 3.93. The molecule has 1 aliphatic carbocycles.